The first-order valence-electron chi connectivity index (χ1n) is 8.42. The summed E-state index contributed by atoms with van der Waals surface area (Å²) in [6.45, 7) is -1.03. The Hall–Kier alpha value is -1.57. The standard InChI is InChI=1S/C16H23NO10/c17-7-1-5(2-18)9-10(7)6(14(23)24)4-25-15(9)27-16-13(22)12(21)11(20)8(3-19)26-16/h1,4,7-13,15-16,18-22H,2-3,17H2,(H,23,24)/t7-,8+,9+,10-,11+,12-,13+,15-,16-/m0/s1. The van der Waals surface area contributed by atoms with Crippen molar-refractivity contribution in [2.75, 3.05) is 13.2 Å². The van der Waals surface area contributed by atoms with E-state index in [2.05, 4.69) is 0 Å². The fourth-order valence-corrected chi connectivity index (χ4v) is 3.76. The topological polar surface area (TPSA) is 192 Å². The van der Waals surface area contributed by atoms with Gasteiger partial charge in [0.2, 0.25) is 6.29 Å². The Bertz CT molecular complexity index is 635. The van der Waals surface area contributed by atoms with Crippen LogP contribution >= 0.6 is 0 Å². The second-order valence-electron chi connectivity index (χ2n) is 6.74. The summed E-state index contributed by atoms with van der Waals surface area (Å²) in [5.74, 6) is -2.71. The first kappa shape index (κ1) is 20.2. The van der Waals surface area contributed by atoms with E-state index in [1.165, 1.54) is 6.08 Å². The molecule has 0 spiro atoms. The minimum Gasteiger partial charge on any atom is -0.478 e. The van der Waals surface area contributed by atoms with Crippen LogP contribution in [0.5, 0.6) is 0 Å². The van der Waals surface area contributed by atoms with Gasteiger partial charge in [-0.05, 0) is 5.57 Å². The largest absolute Gasteiger partial charge is 0.478 e. The summed E-state index contributed by atoms with van der Waals surface area (Å²) in [5, 5.41) is 58.0. The maximum atomic E-state index is 11.5. The van der Waals surface area contributed by atoms with Crippen molar-refractivity contribution >= 4 is 5.97 Å². The maximum absolute atomic E-state index is 11.5. The Kier molecular flexibility index (Phi) is 5.84. The molecule has 0 bridgehead atoms. The molecule has 1 aliphatic carbocycles. The number of fused-ring (bicyclic) bond motifs is 1. The van der Waals surface area contributed by atoms with Crippen molar-refractivity contribution in [3.05, 3.63) is 23.5 Å². The van der Waals surface area contributed by atoms with Gasteiger partial charge in [0, 0.05) is 12.0 Å². The van der Waals surface area contributed by atoms with Gasteiger partial charge >= 0.3 is 5.97 Å². The molecule has 27 heavy (non-hydrogen) atoms. The number of rotatable bonds is 5. The lowest BCUT2D eigenvalue weighted by Crippen LogP contribution is -2.60. The lowest BCUT2D eigenvalue weighted by molar-refractivity contribution is -0.339. The predicted octanol–water partition coefficient (Wildman–Crippen LogP) is -3.38. The highest BCUT2D eigenvalue weighted by Crippen LogP contribution is 2.43. The Morgan fingerprint density at radius 3 is 2.41 bits per heavy atom. The van der Waals surface area contributed by atoms with Crippen molar-refractivity contribution in [3.63, 3.8) is 0 Å². The molecule has 1 saturated heterocycles. The number of carboxylic acids is 1. The maximum Gasteiger partial charge on any atom is 0.335 e. The summed E-state index contributed by atoms with van der Waals surface area (Å²) in [6.07, 6.45) is -6.12. The molecule has 2 aliphatic heterocycles. The van der Waals surface area contributed by atoms with E-state index >= 15 is 0 Å². The molecule has 2 heterocycles. The summed E-state index contributed by atoms with van der Waals surface area (Å²) in [4.78, 5) is 11.5. The van der Waals surface area contributed by atoms with Gasteiger partial charge in [0.1, 0.15) is 24.4 Å². The minimum atomic E-state index is -1.65. The van der Waals surface area contributed by atoms with E-state index in [0.29, 0.717) is 5.57 Å². The summed E-state index contributed by atoms with van der Waals surface area (Å²) < 4.78 is 16.2. The number of aliphatic carboxylic acids is 1. The molecule has 0 aromatic carbocycles. The second kappa shape index (κ2) is 7.81. The Labute approximate surface area is 153 Å². The fourth-order valence-electron chi connectivity index (χ4n) is 3.76. The van der Waals surface area contributed by atoms with Crippen molar-refractivity contribution < 1.29 is 49.6 Å². The van der Waals surface area contributed by atoms with Crippen molar-refractivity contribution in [3.8, 4) is 0 Å². The van der Waals surface area contributed by atoms with E-state index < -0.39 is 74.1 Å². The molecule has 3 rings (SSSR count). The molecule has 8 N–H and O–H groups in total. The van der Waals surface area contributed by atoms with Gasteiger partial charge in [0.15, 0.2) is 6.29 Å². The quantitative estimate of drug-likeness (QED) is 0.232. The van der Waals surface area contributed by atoms with Crippen LogP contribution in [0.1, 0.15) is 0 Å². The summed E-state index contributed by atoms with van der Waals surface area (Å²) in [6, 6.07) is -0.690. The number of nitrogens with two attached hydrogens (primary N) is 1. The molecule has 152 valence electrons. The Balaban J connectivity index is 1.84. The fraction of sp³-hybridized carbons (Fsp3) is 0.688. The molecule has 11 heteroatoms. The van der Waals surface area contributed by atoms with Gasteiger partial charge in [0.05, 0.1) is 31.0 Å². The molecule has 3 aliphatic rings. The molecule has 11 nitrogen and oxygen atoms in total. The van der Waals surface area contributed by atoms with Crippen LogP contribution < -0.4 is 5.73 Å². The Morgan fingerprint density at radius 2 is 1.81 bits per heavy atom. The van der Waals surface area contributed by atoms with Crippen LogP contribution in [0.25, 0.3) is 0 Å². The average molecular weight is 389 g/mol. The van der Waals surface area contributed by atoms with Gasteiger partial charge in [-0.2, -0.15) is 0 Å². The van der Waals surface area contributed by atoms with Gasteiger partial charge < -0.3 is 50.6 Å². The van der Waals surface area contributed by atoms with Crippen LogP contribution in [0.3, 0.4) is 0 Å². The molecule has 0 saturated carbocycles. The molecular weight excluding hydrogens is 366 g/mol. The average Bonchev–Trinajstić information content (AvgIpc) is 2.99. The highest BCUT2D eigenvalue weighted by atomic mass is 16.8. The lowest BCUT2D eigenvalue weighted by atomic mass is 9.82. The van der Waals surface area contributed by atoms with Crippen LogP contribution in [0.2, 0.25) is 0 Å². The zero-order valence-corrected chi connectivity index (χ0v) is 14.2. The number of hydrogen-bond donors (Lipinski definition) is 7. The summed E-state index contributed by atoms with van der Waals surface area (Å²) in [7, 11) is 0. The molecule has 9 atom stereocenters. The van der Waals surface area contributed by atoms with Crippen molar-refractivity contribution in [2.45, 2.75) is 43.0 Å². The smallest absolute Gasteiger partial charge is 0.335 e. The third kappa shape index (κ3) is 3.48. The molecule has 1 fully saturated rings. The van der Waals surface area contributed by atoms with E-state index in [4.69, 9.17) is 19.9 Å². The monoisotopic (exact) mass is 389 g/mol. The van der Waals surface area contributed by atoms with Gasteiger partial charge in [-0.25, -0.2) is 4.79 Å². The summed E-state index contributed by atoms with van der Waals surface area (Å²) >= 11 is 0. The first-order chi connectivity index (χ1) is 12.8. The SMILES string of the molecule is N[C@H]1C=C(CO)[C@H]2[C@H](O[C@@H]3O[C@H](CO)[C@@H](O)[C@H](O)[C@H]3O)OC=C(C(=O)O)[C@H]21. The van der Waals surface area contributed by atoms with Gasteiger partial charge in [-0.15, -0.1) is 0 Å². The normalized spacial score (nSPS) is 44.1. The first-order valence-corrected chi connectivity index (χ1v) is 8.42. The van der Waals surface area contributed by atoms with E-state index in [1.807, 2.05) is 0 Å². The van der Waals surface area contributed by atoms with Gasteiger partial charge in [0.25, 0.3) is 0 Å². The van der Waals surface area contributed by atoms with E-state index in [9.17, 15) is 35.4 Å². The van der Waals surface area contributed by atoms with Crippen LogP contribution in [0.4, 0.5) is 0 Å². The number of hydrogen-bond acceptors (Lipinski definition) is 10. The number of aliphatic hydroxyl groups is 5. The van der Waals surface area contributed by atoms with Crippen molar-refractivity contribution in [2.24, 2.45) is 17.6 Å². The highest BCUT2D eigenvalue weighted by Gasteiger charge is 2.51. The van der Waals surface area contributed by atoms with Gasteiger partial charge in [-0.1, -0.05) is 6.08 Å². The third-order valence-electron chi connectivity index (χ3n) is 5.16. The zero-order valence-electron chi connectivity index (χ0n) is 14.2. The van der Waals surface area contributed by atoms with E-state index in [0.717, 1.165) is 6.26 Å². The molecule has 0 aromatic heterocycles. The number of ether oxygens (including phenoxy) is 3. The van der Waals surface area contributed by atoms with Crippen molar-refractivity contribution in [1.29, 1.82) is 0 Å². The van der Waals surface area contributed by atoms with Crippen LogP contribution in [0, 0.1) is 11.8 Å². The lowest BCUT2D eigenvalue weighted by Gasteiger charge is -2.43. The second-order valence-corrected chi connectivity index (χ2v) is 6.74. The zero-order chi connectivity index (χ0) is 19.9. The molecule has 0 amide bonds. The molecular formula is C16H23NO10. The van der Waals surface area contributed by atoms with Crippen LogP contribution in [-0.2, 0) is 19.0 Å². The minimum absolute atomic E-state index is 0.0825. The van der Waals surface area contributed by atoms with Crippen LogP contribution in [-0.4, -0.2) is 92.9 Å². The molecule has 0 unspecified atom stereocenters. The number of carboxylic acid groups (broad SMARTS) is 1. The molecule has 0 radical (unpaired) electrons. The predicted molar refractivity (Wildman–Crippen MR) is 85.6 cm³/mol. The van der Waals surface area contributed by atoms with Gasteiger partial charge in [-0.3, -0.25) is 0 Å². The Morgan fingerprint density at radius 1 is 1.11 bits per heavy atom. The summed E-state index contributed by atoms with van der Waals surface area (Å²) in [5.41, 5.74) is 6.33. The highest BCUT2D eigenvalue weighted by molar-refractivity contribution is 5.87. The van der Waals surface area contributed by atoms with Crippen molar-refractivity contribution in [1.82, 2.24) is 0 Å². The number of carbonyl (C=O) groups is 1. The van der Waals surface area contributed by atoms with E-state index in [-0.39, 0.29) is 5.57 Å². The van der Waals surface area contributed by atoms with E-state index in [1.54, 1.807) is 0 Å². The van der Waals surface area contributed by atoms with Crippen LogP contribution in [0.15, 0.2) is 23.5 Å². The number of aliphatic hydroxyl groups excluding tert-OH is 5. The third-order valence-corrected chi connectivity index (χ3v) is 5.16. The molecule has 0 aromatic rings.